The molecule has 0 bridgehead atoms. The minimum atomic E-state index is -0.271. The topological polar surface area (TPSA) is 88.5 Å². The smallest absolute Gasteiger partial charge is 0.231 e. The van der Waals surface area contributed by atoms with Crippen LogP contribution in [0.25, 0.3) is 0 Å². The molecule has 0 atom stereocenters. The summed E-state index contributed by atoms with van der Waals surface area (Å²) in [7, 11) is 0. The average molecular weight is 235 g/mol. The van der Waals surface area contributed by atoms with Crippen LogP contribution in [-0.4, -0.2) is 48.5 Å². The second-order valence-corrected chi connectivity index (χ2v) is 4.17. The van der Waals surface area contributed by atoms with E-state index in [0.717, 1.165) is 31.9 Å². The molecule has 0 aliphatic carbocycles. The molecule has 2 heterocycles. The van der Waals surface area contributed by atoms with Crippen molar-refractivity contribution in [2.75, 3.05) is 43.4 Å². The average Bonchev–Trinajstić information content (AvgIpc) is 2.30. The summed E-state index contributed by atoms with van der Waals surface area (Å²) in [6, 6.07) is 3.76. The molecule has 1 aromatic rings. The molecule has 92 valence electrons. The first-order chi connectivity index (χ1) is 8.15. The molecule has 6 heteroatoms. The van der Waals surface area contributed by atoms with Crippen molar-refractivity contribution in [3.8, 4) is 0 Å². The maximum Gasteiger partial charge on any atom is 0.231 e. The molecule has 2 rings (SSSR count). The Morgan fingerprint density at radius 2 is 2.00 bits per heavy atom. The largest absolute Gasteiger partial charge is 0.384 e. The highest BCUT2D eigenvalue weighted by molar-refractivity contribution is 5.75. The van der Waals surface area contributed by atoms with E-state index in [9.17, 15) is 4.79 Å². The summed E-state index contributed by atoms with van der Waals surface area (Å²) >= 11 is 0. The molecule has 1 amide bonds. The highest BCUT2D eigenvalue weighted by Gasteiger charge is 2.18. The van der Waals surface area contributed by atoms with Crippen molar-refractivity contribution in [3.63, 3.8) is 0 Å². The number of nitrogens with zero attached hydrogens (tertiary/aromatic N) is 3. The lowest BCUT2D eigenvalue weighted by molar-refractivity contribution is -0.119. The van der Waals surface area contributed by atoms with Gasteiger partial charge in [0.05, 0.1) is 18.4 Å². The fraction of sp³-hybridized carbons (Fsp3) is 0.455. The Labute approximate surface area is 100 Å². The molecule has 0 radical (unpaired) electrons. The molecule has 1 fully saturated rings. The maximum atomic E-state index is 10.8. The van der Waals surface area contributed by atoms with E-state index in [4.69, 9.17) is 11.5 Å². The third kappa shape index (κ3) is 3.07. The van der Waals surface area contributed by atoms with Gasteiger partial charge in [-0.15, -0.1) is 0 Å². The molecule has 1 aromatic heterocycles. The van der Waals surface area contributed by atoms with Crippen LogP contribution >= 0.6 is 0 Å². The van der Waals surface area contributed by atoms with Gasteiger partial charge in [-0.25, -0.2) is 4.98 Å². The molecule has 1 aliphatic heterocycles. The highest BCUT2D eigenvalue weighted by atomic mass is 16.1. The van der Waals surface area contributed by atoms with E-state index in [1.54, 1.807) is 12.3 Å². The Morgan fingerprint density at radius 3 is 2.53 bits per heavy atom. The second-order valence-electron chi connectivity index (χ2n) is 4.17. The third-order valence-electron chi connectivity index (χ3n) is 2.89. The number of aromatic nitrogens is 1. The molecule has 0 saturated carbocycles. The first kappa shape index (κ1) is 11.7. The lowest BCUT2D eigenvalue weighted by Crippen LogP contribution is -2.48. The number of pyridine rings is 1. The van der Waals surface area contributed by atoms with Crippen LogP contribution in [0.2, 0.25) is 0 Å². The third-order valence-corrected chi connectivity index (χ3v) is 2.89. The minimum absolute atomic E-state index is 0.271. The number of hydrogen-bond acceptors (Lipinski definition) is 5. The van der Waals surface area contributed by atoms with Crippen LogP contribution in [0.1, 0.15) is 0 Å². The summed E-state index contributed by atoms with van der Waals surface area (Å²) in [5.74, 6) is 0.258. The molecule has 1 saturated heterocycles. The van der Waals surface area contributed by atoms with Crippen molar-refractivity contribution < 1.29 is 4.79 Å². The predicted molar refractivity (Wildman–Crippen MR) is 66.5 cm³/mol. The number of nitrogen functional groups attached to an aromatic ring is 1. The lowest BCUT2D eigenvalue weighted by Gasteiger charge is -2.35. The van der Waals surface area contributed by atoms with Crippen molar-refractivity contribution in [2.45, 2.75) is 0 Å². The summed E-state index contributed by atoms with van der Waals surface area (Å²) in [5.41, 5.74) is 11.8. The van der Waals surface area contributed by atoms with Crippen LogP contribution in [-0.2, 0) is 4.79 Å². The van der Waals surface area contributed by atoms with E-state index in [1.807, 2.05) is 6.07 Å². The minimum Gasteiger partial charge on any atom is -0.384 e. The molecule has 1 aliphatic rings. The van der Waals surface area contributed by atoms with Crippen molar-refractivity contribution in [1.82, 2.24) is 9.88 Å². The van der Waals surface area contributed by atoms with Gasteiger partial charge in [-0.3, -0.25) is 9.69 Å². The van der Waals surface area contributed by atoms with Crippen molar-refractivity contribution in [2.24, 2.45) is 5.73 Å². The van der Waals surface area contributed by atoms with Crippen molar-refractivity contribution in [1.29, 1.82) is 0 Å². The molecule has 4 N–H and O–H groups in total. The van der Waals surface area contributed by atoms with Gasteiger partial charge in [-0.1, -0.05) is 0 Å². The first-order valence-electron chi connectivity index (χ1n) is 5.62. The van der Waals surface area contributed by atoms with Gasteiger partial charge in [-0.2, -0.15) is 0 Å². The standard InChI is InChI=1S/C11H17N5O/c12-10-2-1-9(7-14-10)16-5-3-15(4-6-16)8-11(13)17/h1-2,7H,3-6,8H2,(H2,12,14)(H2,13,17). The van der Waals surface area contributed by atoms with E-state index in [0.29, 0.717) is 12.4 Å². The van der Waals surface area contributed by atoms with Gasteiger partial charge in [0.25, 0.3) is 0 Å². The van der Waals surface area contributed by atoms with Crippen molar-refractivity contribution >= 4 is 17.4 Å². The molecular weight excluding hydrogens is 218 g/mol. The number of amides is 1. The zero-order valence-electron chi connectivity index (χ0n) is 9.67. The number of rotatable bonds is 3. The number of hydrogen-bond donors (Lipinski definition) is 2. The van der Waals surface area contributed by atoms with E-state index in [-0.39, 0.29) is 5.91 Å². The molecule has 0 aromatic carbocycles. The number of primary amides is 1. The maximum absolute atomic E-state index is 10.8. The predicted octanol–water partition coefficient (Wildman–Crippen LogP) is -0.729. The highest BCUT2D eigenvalue weighted by Crippen LogP contribution is 2.15. The van der Waals surface area contributed by atoms with Gasteiger partial charge >= 0.3 is 0 Å². The Balaban J connectivity index is 1.90. The second kappa shape index (κ2) is 5.01. The fourth-order valence-electron chi connectivity index (χ4n) is 1.97. The van der Waals surface area contributed by atoms with Gasteiger partial charge in [-0.05, 0) is 12.1 Å². The Kier molecular flexibility index (Phi) is 3.43. The number of carbonyl (C=O) groups excluding carboxylic acids is 1. The zero-order valence-corrected chi connectivity index (χ0v) is 9.67. The summed E-state index contributed by atoms with van der Waals surface area (Å²) in [4.78, 5) is 19.2. The van der Waals surface area contributed by atoms with E-state index >= 15 is 0 Å². The molecular formula is C11H17N5O. The number of piperazine rings is 1. The fourth-order valence-corrected chi connectivity index (χ4v) is 1.97. The number of nitrogens with two attached hydrogens (primary N) is 2. The normalized spacial score (nSPS) is 17.1. The molecule has 17 heavy (non-hydrogen) atoms. The first-order valence-corrected chi connectivity index (χ1v) is 5.62. The summed E-state index contributed by atoms with van der Waals surface area (Å²) in [6.07, 6.45) is 1.78. The number of carbonyl (C=O) groups is 1. The number of anilines is 2. The van der Waals surface area contributed by atoms with E-state index < -0.39 is 0 Å². The van der Waals surface area contributed by atoms with Crippen LogP contribution in [0.3, 0.4) is 0 Å². The molecule has 0 spiro atoms. The molecule has 0 unspecified atom stereocenters. The lowest BCUT2D eigenvalue weighted by atomic mass is 10.2. The monoisotopic (exact) mass is 235 g/mol. The Morgan fingerprint density at radius 1 is 1.29 bits per heavy atom. The summed E-state index contributed by atoms with van der Waals surface area (Å²) < 4.78 is 0. The van der Waals surface area contributed by atoms with Gasteiger partial charge < -0.3 is 16.4 Å². The van der Waals surface area contributed by atoms with Gasteiger partial charge in [0.2, 0.25) is 5.91 Å². The van der Waals surface area contributed by atoms with Crippen molar-refractivity contribution in [3.05, 3.63) is 18.3 Å². The summed E-state index contributed by atoms with van der Waals surface area (Å²) in [5, 5.41) is 0. The summed E-state index contributed by atoms with van der Waals surface area (Å²) in [6.45, 7) is 3.77. The zero-order chi connectivity index (χ0) is 12.3. The van der Waals surface area contributed by atoms with E-state index in [2.05, 4.69) is 14.8 Å². The van der Waals surface area contributed by atoms with Crippen LogP contribution in [0.4, 0.5) is 11.5 Å². The van der Waals surface area contributed by atoms with E-state index in [1.165, 1.54) is 0 Å². The van der Waals surface area contributed by atoms with Crippen LogP contribution < -0.4 is 16.4 Å². The quantitative estimate of drug-likeness (QED) is 0.721. The van der Waals surface area contributed by atoms with Crippen LogP contribution in [0.5, 0.6) is 0 Å². The Bertz CT molecular complexity index is 383. The van der Waals surface area contributed by atoms with Gasteiger partial charge in [0.15, 0.2) is 0 Å². The van der Waals surface area contributed by atoms with Gasteiger partial charge in [0.1, 0.15) is 5.82 Å². The molecule has 6 nitrogen and oxygen atoms in total. The van der Waals surface area contributed by atoms with Crippen LogP contribution in [0, 0.1) is 0 Å². The van der Waals surface area contributed by atoms with Crippen LogP contribution in [0.15, 0.2) is 18.3 Å². The SMILES string of the molecule is NC(=O)CN1CCN(c2ccc(N)nc2)CC1. The van der Waals surface area contributed by atoms with Gasteiger partial charge in [0, 0.05) is 26.2 Å². The Hall–Kier alpha value is -1.82.